The van der Waals surface area contributed by atoms with E-state index in [1.54, 1.807) is 0 Å². The fourth-order valence-corrected chi connectivity index (χ4v) is 7.79. The monoisotopic (exact) mass is 982 g/mol. The van der Waals surface area contributed by atoms with Gasteiger partial charge in [-0.3, -0.25) is 0 Å². The van der Waals surface area contributed by atoms with Gasteiger partial charge in [-0.05, 0) is 75.6 Å². The predicted molar refractivity (Wildman–Crippen MR) is 274 cm³/mol. The van der Waals surface area contributed by atoms with Gasteiger partial charge in [-0.1, -0.05) is 55.4 Å². The Bertz CT molecular complexity index is 2830. The van der Waals surface area contributed by atoms with Crippen molar-refractivity contribution in [3.63, 3.8) is 0 Å². The highest BCUT2D eigenvalue weighted by molar-refractivity contribution is 6.06. The first-order valence-electron chi connectivity index (χ1n) is 25.4. The predicted octanol–water partition coefficient (Wildman–Crippen LogP) is 10.8. The van der Waals surface area contributed by atoms with Crippen LogP contribution in [0.1, 0.15) is 107 Å². The number of aromatic nitrogens is 12. The Morgan fingerprint density at radius 1 is 0.264 bits per heavy atom. The van der Waals surface area contributed by atoms with E-state index in [1.165, 1.54) is 0 Å². The van der Waals surface area contributed by atoms with Crippen LogP contribution in [-0.2, 0) is 0 Å². The minimum Gasteiger partial charge on any atom is -0.474 e. The van der Waals surface area contributed by atoms with Crippen molar-refractivity contribution in [2.75, 3.05) is 52.9 Å². The summed E-state index contributed by atoms with van der Waals surface area (Å²) in [4.78, 5) is 58.4. The van der Waals surface area contributed by atoms with E-state index in [4.69, 9.17) is 87.7 Å². The second-order valence-electron chi connectivity index (χ2n) is 17.2. The summed E-state index contributed by atoms with van der Waals surface area (Å²) in [5.41, 5.74) is 7.93. The molecule has 0 saturated heterocycles. The number of nitrogens with one attached hydrogen (secondary N) is 2. The molecule has 20 heteroatoms. The van der Waals surface area contributed by atoms with Crippen LogP contribution in [0.4, 0.5) is 0 Å². The van der Waals surface area contributed by atoms with Crippen molar-refractivity contribution in [2.24, 2.45) is 0 Å². The topological polar surface area (TPSA) is 234 Å². The van der Waals surface area contributed by atoms with Crippen LogP contribution in [0.25, 0.3) is 89.7 Å². The van der Waals surface area contributed by atoms with Gasteiger partial charge in [0.1, 0.15) is 44.8 Å². The molecule has 0 amide bonds. The van der Waals surface area contributed by atoms with E-state index >= 15 is 0 Å². The SMILES string of the molecule is CCCOc1nc2c(nc1OCCC)-c1cc3[nH]c(cc4nc(cc5[nH]c(cc-2n1)c1nc(OCCC)c(OCCC)nc51)-c1nc(OCCC)c(OCCC)nc1-4)c1nc(OCCC)c(OCCC)nc31. The lowest BCUT2D eigenvalue weighted by atomic mass is 10.2. The molecule has 7 aromatic heterocycles. The molecule has 0 spiro atoms. The number of hydrogen-bond donors (Lipinski definition) is 2. The van der Waals surface area contributed by atoms with E-state index < -0.39 is 0 Å². The molecule has 0 aromatic carbocycles. The van der Waals surface area contributed by atoms with Gasteiger partial charge in [0.2, 0.25) is 0 Å². The molecule has 0 fully saturated rings. The third-order valence-corrected chi connectivity index (χ3v) is 11.0. The van der Waals surface area contributed by atoms with Crippen LogP contribution < -0.4 is 37.9 Å². The lowest BCUT2D eigenvalue weighted by molar-refractivity contribution is 0.251. The number of hydrogen-bond acceptors (Lipinski definition) is 18. The van der Waals surface area contributed by atoms with E-state index in [0.717, 1.165) is 51.4 Å². The van der Waals surface area contributed by atoms with Crippen LogP contribution in [0.15, 0.2) is 24.3 Å². The Morgan fingerprint density at radius 3 is 0.625 bits per heavy atom. The molecule has 20 nitrogen and oxygen atoms in total. The molecule has 2 aliphatic heterocycles. The number of fused-ring (bicyclic) bond motifs is 20. The molecule has 9 heterocycles. The summed E-state index contributed by atoms with van der Waals surface area (Å²) < 4.78 is 49.6. The molecule has 0 unspecified atom stereocenters. The van der Waals surface area contributed by atoms with Gasteiger partial charge in [0.25, 0.3) is 47.0 Å². The van der Waals surface area contributed by atoms with Gasteiger partial charge in [0.05, 0.1) is 97.7 Å². The van der Waals surface area contributed by atoms with E-state index in [0.29, 0.717) is 143 Å². The van der Waals surface area contributed by atoms with Gasteiger partial charge in [-0.2, -0.15) is 0 Å². The zero-order valence-electron chi connectivity index (χ0n) is 42.4. The molecule has 8 bridgehead atoms. The minimum absolute atomic E-state index is 0.261. The number of nitrogens with zero attached hydrogens (tertiary/aromatic N) is 10. The summed E-state index contributed by atoms with van der Waals surface area (Å²) in [5.74, 6) is 2.11. The Hall–Kier alpha value is -7.64. The van der Waals surface area contributed by atoms with Gasteiger partial charge in [-0.25, -0.2) is 49.8 Å². The molecule has 0 aliphatic carbocycles. The highest BCUT2D eigenvalue weighted by Crippen LogP contribution is 2.43. The maximum atomic E-state index is 6.20. The lowest BCUT2D eigenvalue weighted by Crippen LogP contribution is -2.06. The standard InChI is InChI=1S/C52H62N12O8/c1-9-17-65-45-46(66-18-10-2)58-38-30-26-32-40-42(62-50(70-22-14-6)49(60-40)69-21-13-5)34(55-32)28-36-44-43(63-51(71-23-15-7)52(64-44)72-24-16-8)35(56-36)27-33-41-39(31(54-33)25-29(53-30)37(38)57-45)59-47(67-19-11-3)48(61-41)68-20-12-4/h25-28,53,56H,9-24H2,1-8H3. The molecule has 0 radical (unpaired) electrons. The zero-order valence-corrected chi connectivity index (χ0v) is 42.4. The van der Waals surface area contributed by atoms with Crippen LogP contribution >= 0.6 is 0 Å². The molecule has 2 N–H and O–H groups in total. The van der Waals surface area contributed by atoms with E-state index in [9.17, 15) is 0 Å². The first kappa shape index (κ1) is 49.3. The van der Waals surface area contributed by atoms with E-state index in [-0.39, 0.29) is 47.0 Å². The fourth-order valence-electron chi connectivity index (χ4n) is 7.79. The Kier molecular flexibility index (Phi) is 15.5. The third kappa shape index (κ3) is 10.1. The summed E-state index contributed by atoms with van der Waals surface area (Å²) >= 11 is 0. The van der Waals surface area contributed by atoms with Gasteiger partial charge in [0.15, 0.2) is 0 Å². The average molecular weight is 983 g/mol. The quantitative estimate of drug-likeness (QED) is 0.0572. The van der Waals surface area contributed by atoms with Crippen molar-refractivity contribution in [1.82, 2.24) is 59.8 Å². The highest BCUT2D eigenvalue weighted by atomic mass is 16.5. The molecule has 378 valence electrons. The van der Waals surface area contributed by atoms with Crippen LogP contribution in [0.2, 0.25) is 0 Å². The van der Waals surface area contributed by atoms with Crippen molar-refractivity contribution in [3.8, 4) is 92.6 Å². The molecule has 0 atom stereocenters. The summed E-state index contributed by atoms with van der Waals surface area (Å²) in [6, 6.07) is 7.49. The van der Waals surface area contributed by atoms with Crippen molar-refractivity contribution in [3.05, 3.63) is 24.3 Å². The Labute approximate surface area is 417 Å². The van der Waals surface area contributed by atoms with Crippen LogP contribution in [0.3, 0.4) is 0 Å². The first-order chi connectivity index (χ1) is 35.3. The smallest absolute Gasteiger partial charge is 0.278 e. The van der Waals surface area contributed by atoms with Gasteiger partial charge < -0.3 is 47.9 Å². The summed E-state index contributed by atoms with van der Waals surface area (Å²) in [7, 11) is 0. The highest BCUT2D eigenvalue weighted by Gasteiger charge is 2.29. The van der Waals surface area contributed by atoms with E-state index in [2.05, 4.69) is 9.97 Å². The van der Waals surface area contributed by atoms with Crippen molar-refractivity contribution in [2.45, 2.75) is 107 Å². The van der Waals surface area contributed by atoms with Crippen LogP contribution in [0.5, 0.6) is 47.0 Å². The fraction of sp³-hybridized carbons (Fsp3) is 0.462. The molecular weight excluding hydrogens is 921 g/mol. The Balaban J connectivity index is 1.44. The second kappa shape index (κ2) is 22.6. The molecule has 0 saturated carbocycles. The molecule has 9 rings (SSSR count). The molecule has 7 aromatic rings. The number of ether oxygens (including phenoxy) is 8. The number of rotatable bonds is 24. The maximum absolute atomic E-state index is 6.20. The zero-order chi connectivity index (χ0) is 50.1. The number of H-pyrrole nitrogens is 2. The van der Waals surface area contributed by atoms with Gasteiger partial charge >= 0.3 is 0 Å². The first-order valence-corrected chi connectivity index (χ1v) is 25.4. The van der Waals surface area contributed by atoms with E-state index in [1.807, 2.05) is 79.7 Å². The summed E-state index contributed by atoms with van der Waals surface area (Å²) in [5, 5.41) is 0. The Morgan fingerprint density at radius 2 is 0.444 bits per heavy atom. The van der Waals surface area contributed by atoms with Crippen molar-refractivity contribution < 1.29 is 37.9 Å². The third-order valence-electron chi connectivity index (χ3n) is 11.0. The minimum atomic E-state index is 0.261. The van der Waals surface area contributed by atoms with Crippen LogP contribution in [-0.4, -0.2) is 113 Å². The average Bonchev–Trinajstić information content (AvgIpc) is 4.11. The molecule has 2 aliphatic rings. The normalized spacial score (nSPS) is 11.7. The van der Waals surface area contributed by atoms with Crippen molar-refractivity contribution >= 4 is 44.1 Å². The summed E-state index contributed by atoms with van der Waals surface area (Å²) in [6.45, 7) is 19.5. The van der Waals surface area contributed by atoms with Gasteiger partial charge in [0, 0.05) is 0 Å². The largest absolute Gasteiger partial charge is 0.474 e. The van der Waals surface area contributed by atoms with Crippen LogP contribution in [0, 0.1) is 0 Å². The molecule has 72 heavy (non-hydrogen) atoms. The lowest BCUT2D eigenvalue weighted by Gasteiger charge is -2.12. The van der Waals surface area contributed by atoms with Crippen molar-refractivity contribution in [1.29, 1.82) is 0 Å². The maximum Gasteiger partial charge on any atom is 0.278 e. The molecular formula is C52H62N12O8. The van der Waals surface area contributed by atoms with Gasteiger partial charge in [-0.15, -0.1) is 0 Å². The number of aromatic amines is 2. The summed E-state index contributed by atoms with van der Waals surface area (Å²) in [6.07, 6.45) is 6.00. The second-order valence-corrected chi connectivity index (χ2v) is 17.2.